The topological polar surface area (TPSA) is 62.4 Å². The number of pyridine rings is 1. The van der Waals surface area contributed by atoms with E-state index in [9.17, 15) is 5.11 Å². The van der Waals surface area contributed by atoms with Crippen molar-refractivity contribution in [3.63, 3.8) is 0 Å². The summed E-state index contributed by atoms with van der Waals surface area (Å²) >= 11 is 0. The molecule has 1 aliphatic rings. The fraction of sp³-hybridized carbons (Fsp3) is 0.357. The maximum atomic E-state index is 9.23. The fourth-order valence-corrected chi connectivity index (χ4v) is 2.66. The van der Waals surface area contributed by atoms with E-state index in [1.165, 1.54) is 5.69 Å². The normalized spacial score (nSPS) is 19.6. The summed E-state index contributed by atoms with van der Waals surface area (Å²) in [6, 6.07) is 7.92. The first-order chi connectivity index (χ1) is 8.79. The second-order valence-corrected chi connectivity index (χ2v) is 4.86. The van der Waals surface area contributed by atoms with Gasteiger partial charge in [0.05, 0.1) is 11.2 Å². The summed E-state index contributed by atoms with van der Waals surface area (Å²) in [6.07, 6.45) is 2.85. The third-order valence-electron chi connectivity index (χ3n) is 3.66. The Bertz CT molecular complexity index is 570. The lowest BCUT2D eigenvalue weighted by Gasteiger charge is -2.20. The van der Waals surface area contributed by atoms with Crippen LogP contribution in [0.1, 0.15) is 6.42 Å². The first kappa shape index (κ1) is 11.3. The van der Waals surface area contributed by atoms with Crippen molar-refractivity contribution in [3.05, 3.63) is 30.5 Å². The van der Waals surface area contributed by atoms with E-state index in [1.54, 1.807) is 6.20 Å². The summed E-state index contributed by atoms with van der Waals surface area (Å²) < 4.78 is 0. The lowest BCUT2D eigenvalue weighted by molar-refractivity contribution is 0.238. The quantitative estimate of drug-likeness (QED) is 0.787. The predicted molar refractivity (Wildman–Crippen MR) is 73.6 cm³/mol. The average molecular weight is 243 g/mol. The van der Waals surface area contributed by atoms with Crippen LogP contribution in [0.5, 0.6) is 0 Å². The van der Waals surface area contributed by atoms with E-state index in [4.69, 9.17) is 5.73 Å². The Hall–Kier alpha value is -1.81. The minimum atomic E-state index is 0.266. The van der Waals surface area contributed by atoms with Crippen LogP contribution in [-0.2, 0) is 0 Å². The number of para-hydroxylation sites is 1. The molecule has 0 saturated carbocycles. The van der Waals surface area contributed by atoms with Crippen molar-refractivity contribution < 1.29 is 5.11 Å². The molecule has 1 atom stereocenters. The van der Waals surface area contributed by atoms with E-state index in [0.717, 1.165) is 30.4 Å². The van der Waals surface area contributed by atoms with E-state index in [-0.39, 0.29) is 6.61 Å². The molecule has 3 N–H and O–H groups in total. The summed E-state index contributed by atoms with van der Waals surface area (Å²) in [4.78, 5) is 6.66. The second kappa shape index (κ2) is 4.46. The van der Waals surface area contributed by atoms with Gasteiger partial charge in [-0.05, 0) is 18.6 Å². The molecule has 1 unspecified atom stereocenters. The molecule has 1 aromatic carbocycles. The van der Waals surface area contributed by atoms with Gasteiger partial charge >= 0.3 is 0 Å². The number of hydrogen-bond acceptors (Lipinski definition) is 4. The first-order valence-corrected chi connectivity index (χ1v) is 6.28. The van der Waals surface area contributed by atoms with Gasteiger partial charge in [0.2, 0.25) is 0 Å². The minimum Gasteiger partial charge on any atom is -0.397 e. The Kier molecular flexibility index (Phi) is 2.80. The van der Waals surface area contributed by atoms with Gasteiger partial charge in [0.1, 0.15) is 0 Å². The smallest absolute Gasteiger partial charge is 0.0951 e. The summed E-state index contributed by atoms with van der Waals surface area (Å²) in [5.41, 5.74) is 8.70. The van der Waals surface area contributed by atoms with Crippen LogP contribution in [0.2, 0.25) is 0 Å². The Balaban J connectivity index is 2.05. The highest BCUT2D eigenvalue weighted by Gasteiger charge is 2.23. The number of aliphatic hydroxyl groups is 1. The van der Waals surface area contributed by atoms with Crippen molar-refractivity contribution in [2.75, 3.05) is 30.3 Å². The molecule has 0 aliphatic carbocycles. The summed E-state index contributed by atoms with van der Waals surface area (Å²) in [7, 11) is 0. The SMILES string of the molecule is Nc1cccc2c(N3CCC(CO)C3)ccnc12. The summed E-state index contributed by atoms with van der Waals surface area (Å²) in [5, 5.41) is 10.3. The number of hydrogen-bond donors (Lipinski definition) is 2. The van der Waals surface area contributed by atoms with E-state index >= 15 is 0 Å². The highest BCUT2D eigenvalue weighted by atomic mass is 16.3. The Labute approximate surface area is 106 Å². The lowest BCUT2D eigenvalue weighted by atomic mass is 10.1. The number of anilines is 2. The van der Waals surface area contributed by atoms with Crippen LogP contribution in [0.15, 0.2) is 30.5 Å². The molecule has 3 rings (SSSR count). The first-order valence-electron chi connectivity index (χ1n) is 6.28. The van der Waals surface area contributed by atoms with Gasteiger partial charge in [-0.15, -0.1) is 0 Å². The van der Waals surface area contributed by atoms with Crippen molar-refractivity contribution in [3.8, 4) is 0 Å². The van der Waals surface area contributed by atoms with Crippen molar-refractivity contribution in [2.45, 2.75) is 6.42 Å². The van der Waals surface area contributed by atoms with E-state index < -0.39 is 0 Å². The zero-order valence-electron chi connectivity index (χ0n) is 10.2. The third-order valence-corrected chi connectivity index (χ3v) is 3.66. The van der Waals surface area contributed by atoms with Crippen LogP contribution in [0.4, 0.5) is 11.4 Å². The molecule has 94 valence electrons. The van der Waals surface area contributed by atoms with Gasteiger partial charge in [-0.3, -0.25) is 4.98 Å². The molecule has 0 bridgehead atoms. The highest BCUT2D eigenvalue weighted by molar-refractivity contribution is 5.98. The molecule has 0 radical (unpaired) electrons. The molecule has 0 amide bonds. The zero-order valence-corrected chi connectivity index (χ0v) is 10.2. The number of benzene rings is 1. The molecule has 0 spiro atoms. The number of aliphatic hydroxyl groups excluding tert-OH is 1. The largest absolute Gasteiger partial charge is 0.397 e. The molecular weight excluding hydrogens is 226 g/mol. The second-order valence-electron chi connectivity index (χ2n) is 4.86. The van der Waals surface area contributed by atoms with Gasteiger partial charge in [-0.25, -0.2) is 0 Å². The highest BCUT2D eigenvalue weighted by Crippen LogP contribution is 2.31. The van der Waals surface area contributed by atoms with E-state index in [1.807, 2.05) is 18.2 Å². The molecule has 4 nitrogen and oxygen atoms in total. The molecular formula is C14H17N3O. The molecule has 2 heterocycles. The number of nitrogen functional groups attached to an aromatic ring is 1. The lowest BCUT2D eigenvalue weighted by Crippen LogP contribution is -2.20. The van der Waals surface area contributed by atoms with Crippen molar-refractivity contribution in [1.82, 2.24) is 4.98 Å². The van der Waals surface area contributed by atoms with Crippen molar-refractivity contribution in [2.24, 2.45) is 5.92 Å². The number of rotatable bonds is 2. The predicted octanol–water partition coefficient (Wildman–Crippen LogP) is 1.64. The fourth-order valence-electron chi connectivity index (χ4n) is 2.66. The third kappa shape index (κ3) is 1.78. The van der Waals surface area contributed by atoms with Crippen LogP contribution in [-0.4, -0.2) is 29.8 Å². The molecule has 18 heavy (non-hydrogen) atoms. The van der Waals surface area contributed by atoms with E-state index in [2.05, 4.69) is 16.0 Å². The van der Waals surface area contributed by atoms with E-state index in [0.29, 0.717) is 11.6 Å². The van der Waals surface area contributed by atoms with Gasteiger partial charge in [0, 0.05) is 42.9 Å². The number of aromatic nitrogens is 1. The van der Waals surface area contributed by atoms with Gasteiger partial charge in [-0.2, -0.15) is 0 Å². The number of fused-ring (bicyclic) bond motifs is 1. The Morgan fingerprint density at radius 2 is 2.28 bits per heavy atom. The monoisotopic (exact) mass is 243 g/mol. The van der Waals surface area contributed by atoms with Crippen LogP contribution in [0, 0.1) is 5.92 Å². The zero-order chi connectivity index (χ0) is 12.5. The van der Waals surface area contributed by atoms with Crippen molar-refractivity contribution in [1.29, 1.82) is 0 Å². The number of nitrogens with two attached hydrogens (primary N) is 1. The Morgan fingerprint density at radius 3 is 3.06 bits per heavy atom. The average Bonchev–Trinajstić information content (AvgIpc) is 2.87. The molecule has 1 fully saturated rings. The van der Waals surface area contributed by atoms with Crippen LogP contribution >= 0.6 is 0 Å². The minimum absolute atomic E-state index is 0.266. The van der Waals surface area contributed by atoms with Crippen LogP contribution in [0.25, 0.3) is 10.9 Å². The Morgan fingerprint density at radius 1 is 1.39 bits per heavy atom. The van der Waals surface area contributed by atoms with Gasteiger partial charge in [-0.1, -0.05) is 12.1 Å². The number of nitrogens with zero attached hydrogens (tertiary/aromatic N) is 2. The van der Waals surface area contributed by atoms with Crippen LogP contribution in [0.3, 0.4) is 0 Å². The molecule has 1 aromatic heterocycles. The standard InChI is InChI=1S/C14H17N3O/c15-12-3-1-2-11-13(4-6-16-14(11)12)17-7-5-10(8-17)9-18/h1-4,6,10,18H,5,7-9,15H2. The van der Waals surface area contributed by atoms with Gasteiger partial charge in [0.15, 0.2) is 0 Å². The van der Waals surface area contributed by atoms with Crippen molar-refractivity contribution >= 4 is 22.3 Å². The maximum absolute atomic E-state index is 9.23. The molecule has 1 aliphatic heterocycles. The van der Waals surface area contributed by atoms with Gasteiger partial charge < -0.3 is 15.7 Å². The summed E-state index contributed by atoms with van der Waals surface area (Å²) in [5.74, 6) is 0.384. The molecule has 4 heteroatoms. The maximum Gasteiger partial charge on any atom is 0.0951 e. The van der Waals surface area contributed by atoms with Crippen LogP contribution < -0.4 is 10.6 Å². The summed E-state index contributed by atoms with van der Waals surface area (Å²) in [6.45, 7) is 2.16. The molecule has 2 aromatic rings. The van der Waals surface area contributed by atoms with Gasteiger partial charge in [0.25, 0.3) is 0 Å². The molecule has 1 saturated heterocycles.